The lowest BCUT2D eigenvalue weighted by Gasteiger charge is -2.31. The summed E-state index contributed by atoms with van der Waals surface area (Å²) in [6.07, 6.45) is 2.52. The summed E-state index contributed by atoms with van der Waals surface area (Å²) in [5.41, 5.74) is -0.194. The molecule has 28 heavy (non-hydrogen) atoms. The predicted molar refractivity (Wildman–Crippen MR) is 98.5 cm³/mol. The van der Waals surface area contributed by atoms with E-state index in [0.29, 0.717) is 18.9 Å². The summed E-state index contributed by atoms with van der Waals surface area (Å²) in [5, 5.41) is 2.76. The third kappa shape index (κ3) is 6.00. The van der Waals surface area contributed by atoms with Crippen LogP contribution in [0.15, 0.2) is 18.2 Å². The van der Waals surface area contributed by atoms with Crippen LogP contribution in [0.2, 0.25) is 0 Å². The van der Waals surface area contributed by atoms with Crippen LogP contribution in [0.25, 0.3) is 0 Å². The Kier molecular flexibility index (Phi) is 7.90. The lowest BCUT2D eigenvalue weighted by molar-refractivity contribution is -0.154. The van der Waals surface area contributed by atoms with Gasteiger partial charge in [0, 0.05) is 25.2 Å². The summed E-state index contributed by atoms with van der Waals surface area (Å²) in [4.78, 5) is 37.7. The molecule has 1 aliphatic heterocycles. The van der Waals surface area contributed by atoms with Gasteiger partial charge in [0.15, 0.2) is 6.61 Å². The summed E-state index contributed by atoms with van der Waals surface area (Å²) >= 11 is 0. The van der Waals surface area contributed by atoms with Crippen LogP contribution in [-0.4, -0.2) is 48.4 Å². The minimum atomic E-state index is -0.908. The quantitative estimate of drug-likeness (QED) is 0.719. The molecule has 1 atom stereocenters. The number of rotatable bonds is 7. The first-order valence-corrected chi connectivity index (χ1v) is 9.52. The molecule has 1 aromatic rings. The van der Waals surface area contributed by atoms with Gasteiger partial charge in [-0.05, 0) is 38.3 Å². The van der Waals surface area contributed by atoms with Crippen LogP contribution in [0.1, 0.15) is 49.9 Å². The highest BCUT2D eigenvalue weighted by atomic mass is 19.1. The largest absolute Gasteiger partial charge is 0.455 e. The van der Waals surface area contributed by atoms with Crippen molar-refractivity contribution < 1.29 is 27.9 Å². The molecular weight excluding hydrogens is 370 g/mol. The average molecular weight is 396 g/mol. The van der Waals surface area contributed by atoms with E-state index in [9.17, 15) is 23.2 Å². The highest BCUT2D eigenvalue weighted by Crippen LogP contribution is 2.21. The maximum absolute atomic E-state index is 13.8. The fourth-order valence-electron chi connectivity index (χ4n) is 3.23. The Labute approximate surface area is 163 Å². The third-order valence-electron chi connectivity index (χ3n) is 4.75. The number of nitrogens with zero attached hydrogens (tertiary/aromatic N) is 1. The number of carbonyl (C=O) groups is 3. The van der Waals surface area contributed by atoms with Gasteiger partial charge < -0.3 is 15.0 Å². The Hall–Kier alpha value is -2.51. The van der Waals surface area contributed by atoms with E-state index in [-0.39, 0.29) is 37.2 Å². The van der Waals surface area contributed by atoms with Crippen molar-refractivity contribution in [1.29, 1.82) is 0 Å². The molecule has 1 aromatic carbocycles. The van der Waals surface area contributed by atoms with Gasteiger partial charge in [-0.2, -0.15) is 0 Å². The molecule has 0 aliphatic carbocycles. The standard InChI is InChI=1S/C20H26F2N2O4/c1-3-4-13(2)23-18(25)12-28-20(27)14-7-9-24(10-8-14)19(26)16-6-5-15(21)11-17(16)22/h5-6,11,13-14H,3-4,7-10,12H2,1-2H3,(H,23,25). The van der Waals surface area contributed by atoms with E-state index in [1.807, 2.05) is 13.8 Å². The van der Waals surface area contributed by atoms with Crippen LogP contribution in [0.4, 0.5) is 8.78 Å². The zero-order valence-electron chi connectivity index (χ0n) is 16.2. The number of likely N-dealkylation sites (tertiary alicyclic amines) is 1. The van der Waals surface area contributed by atoms with Crippen molar-refractivity contribution in [1.82, 2.24) is 10.2 Å². The monoisotopic (exact) mass is 396 g/mol. The van der Waals surface area contributed by atoms with Gasteiger partial charge in [-0.25, -0.2) is 8.78 Å². The highest BCUT2D eigenvalue weighted by Gasteiger charge is 2.30. The predicted octanol–water partition coefficient (Wildman–Crippen LogP) is 2.67. The van der Waals surface area contributed by atoms with E-state index >= 15 is 0 Å². The third-order valence-corrected chi connectivity index (χ3v) is 4.75. The number of hydrogen-bond acceptors (Lipinski definition) is 4. The van der Waals surface area contributed by atoms with E-state index < -0.39 is 29.4 Å². The van der Waals surface area contributed by atoms with Crippen molar-refractivity contribution in [2.45, 2.75) is 45.6 Å². The molecule has 0 bridgehead atoms. The molecule has 0 saturated carbocycles. The van der Waals surface area contributed by atoms with E-state index in [0.717, 1.165) is 25.0 Å². The number of esters is 1. The second kappa shape index (κ2) is 10.1. The Morgan fingerprint density at radius 1 is 1.25 bits per heavy atom. The minimum Gasteiger partial charge on any atom is -0.455 e. The SMILES string of the molecule is CCCC(C)NC(=O)COC(=O)C1CCN(C(=O)c2ccc(F)cc2F)CC1. The molecule has 0 radical (unpaired) electrons. The molecule has 2 amide bonds. The van der Waals surface area contributed by atoms with Crippen molar-refractivity contribution in [3.63, 3.8) is 0 Å². The van der Waals surface area contributed by atoms with Crippen molar-refractivity contribution in [2.24, 2.45) is 5.92 Å². The number of nitrogens with one attached hydrogen (secondary N) is 1. The number of carbonyl (C=O) groups excluding carboxylic acids is 3. The van der Waals surface area contributed by atoms with Crippen LogP contribution >= 0.6 is 0 Å². The first-order valence-electron chi connectivity index (χ1n) is 9.52. The second-order valence-corrected chi connectivity index (χ2v) is 7.06. The van der Waals surface area contributed by atoms with Crippen molar-refractivity contribution in [2.75, 3.05) is 19.7 Å². The van der Waals surface area contributed by atoms with Crippen molar-refractivity contribution in [3.05, 3.63) is 35.4 Å². The van der Waals surface area contributed by atoms with Gasteiger partial charge in [0.2, 0.25) is 0 Å². The molecule has 8 heteroatoms. The molecular formula is C20H26F2N2O4. The van der Waals surface area contributed by atoms with Crippen LogP contribution in [0, 0.1) is 17.6 Å². The second-order valence-electron chi connectivity index (χ2n) is 7.06. The molecule has 1 N–H and O–H groups in total. The molecule has 154 valence electrons. The molecule has 6 nitrogen and oxygen atoms in total. The van der Waals surface area contributed by atoms with Crippen LogP contribution in [0.5, 0.6) is 0 Å². The number of halogens is 2. The fraction of sp³-hybridized carbons (Fsp3) is 0.550. The summed E-state index contributed by atoms with van der Waals surface area (Å²) < 4.78 is 31.8. The topological polar surface area (TPSA) is 75.7 Å². The first kappa shape index (κ1) is 21.8. The molecule has 2 rings (SSSR count). The van der Waals surface area contributed by atoms with Gasteiger partial charge in [0.25, 0.3) is 11.8 Å². The number of benzene rings is 1. The van der Waals surface area contributed by atoms with Gasteiger partial charge in [-0.15, -0.1) is 0 Å². The Morgan fingerprint density at radius 3 is 2.54 bits per heavy atom. The van der Waals surface area contributed by atoms with Gasteiger partial charge in [-0.3, -0.25) is 14.4 Å². The highest BCUT2D eigenvalue weighted by molar-refractivity contribution is 5.94. The Balaban J connectivity index is 1.79. The summed E-state index contributed by atoms with van der Waals surface area (Å²) in [6, 6.07) is 2.85. The lowest BCUT2D eigenvalue weighted by atomic mass is 9.96. The van der Waals surface area contributed by atoms with E-state index in [1.165, 1.54) is 4.90 Å². The number of hydrogen-bond donors (Lipinski definition) is 1. The zero-order chi connectivity index (χ0) is 20.7. The number of piperidine rings is 1. The van der Waals surface area contributed by atoms with E-state index in [4.69, 9.17) is 4.74 Å². The van der Waals surface area contributed by atoms with Gasteiger partial charge in [0.05, 0.1) is 11.5 Å². The summed E-state index contributed by atoms with van der Waals surface area (Å²) in [5.74, 6) is -3.41. The first-order chi connectivity index (χ1) is 13.3. The average Bonchev–Trinajstić information content (AvgIpc) is 2.66. The molecule has 1 aliphatic rings. The lowest BCUT2D eigenvalue weighted by Crippen LogP contribution is -2.41. The van der Waals surface area contributed by atoms with Crippen LogP contribution in [0.3, 0.4) is 0 Å². The van der Waals surface area contributed by atoms with Gasteiger partial charge in [-0.1, -0.05) is 13.3 Å². The summed E-state index contributed by atoms with van der Waals surface area (Å²) in [6.45, 7) is 4.10. The van der Waals surface area contributed by atoms with Crippen LogP contribution < -0.4 is 5.32 Å². The summed E-state index contributed by atoms with van der Waals surface area (Å²) in [7, 11) is 0. The number of amides is 2. The fourth-order valence-corrected chi connectivity index (χ4v) is 3.23. The minimum absolute atomic E-state index is 0.0253. The molecule has 1 fully saturated rings. The maximum Gasteiger partial charge on any atom is 0.309 e. The molecule has 1 saturated heterocycles. The van der Waals surface area contributed by atoms with Gasteiger partial charge in [0.1, 0.15) is 11.6 Å². The van der Waals surface area contributed by atoms with E-state index in [2.05, 4.69) is 5.32 Å². The van der Waals surface area contributed by atoms with Crippen molar-refractivity contribution >= 4 is 17.8 Å². The Bertz CT molecular complexity index is 718. The number of ether oxygens (including phenoxy) is 1. The maximum atomic E-state index is 13.8. The van der Waals surface area contributed by atoms with Crippen LogP contribution in [-0.2, 0) is 14.3 Å². The zero-order valence-corrected chi connectivity index (χ0v) is 16.2. The molecule has 1 unspecified atom stereocenters. The molecule has 0 aromatic heterocycles. The molecule has 0 spiro atoms. The van der Waals surface area contributed by atoms with E-state index in [1.54, 1.807) is 0 Å². The van der Waals surface area contributed by atoms with Gasteiger partial charge >= 0.3 is 5.97 Å². The molecule has 1 heterocycles. The normalized spacial score (nSPS) is 15.8. The van der Waals surface area contributed by atoms with Crippen molar-refractivity contribution in [3.8, 4) is 0 Å². The Morgan fingerprint density at radius 2 is 1.93 bits per heavy atom. The smallest absolute Gasteiger partial charge is 0.309 e.